The van der Waals surface area contributed by atoms with Crippen molar-refractivity contribution in [2.75, 3.05) is 43.6 Å². The van der Waals surface area contributed by atoms with Crippen LogP contribution in [0.3, 0.4) is 0 Å². The highest BCUT2D eigenvalue weighted by Crippen LogP contribution is 2.27. The molecule has 12 heteroatoms. The van der Waals surface area contributed by atoms with Gasteiger partial charge in [-0.05, 0) is 36.8 Å². The molecule has 8 nitrogen and oxygen atoms in total. The van der Waals surface area contributed by atoms with Gasteiger partial charge in [-0.2, -0.15) is 4.31 Å². The lowest BCUT2D eigenvalue weighted by molar-refractivity contribution is 0.431. The number of halogens is 1. The molecule has 0 bridgehead atoms. The third kappa shape index (κ3) is 5.08. The normalized spacial score (nSPS) is 16.8. The molecule has 0 spiro atoms. The third-order valence-electron chi connectivity index (χ3n) is 5.01. The molecule has 2 aromatic carbocycles. The van der Waals surface area contributed by atoms with Gasteiger partial charge in [0.1, 0.15) is 10.7 Å². The van der Waals surface area contributed by atoms with Gasteiger partial charge >= 0.3 is 0 Å². The second kappa shape index (κ2) is 8.49. The van der Waals surface area contributed by atoms with E-state index < -0.39 is 35.5 Å². The number of hydrogen-bond acceptors (Lipinski definition) is 7. The molecule has 1 fully saturated rings. The van der Waals surface area contributed by atoms with Crippen LogP contribution in [-0.2, 0) is 29.7 Å². The van der Waals surface area contributed by atoms with Crippen molar-refractivity contribution in [2.45, 2.75) is 21.1 Å². The first kappa shape index (κ1) is 23.6. The fourth-order valence-electron chi connectivity index (χ4n) is 3.46. The van der Waals surface area contributed by atoms with Crippen molar-refractivity contribution >= 4 is 35.4 Å². The molecule has 1 heterocycles. The summed E-state index contributed by atoms with van der Waals surface area (Å²) in [6.07, 6.45) is 2.33. The average molecular weight is 491 g/mol. The number of rotatable bonds is 5. The Morgan fingerprint density at radius 3 is 2.00 bits per heavy atom. The number of benzene rings is 2. The maximum Gasteiger partial charge on any atom is 0.244 e. The summed E-state index contributed by atoms with van der Waals surface area (Å²) in [6.45, 7) is 0.679. The van der Waals surface area contributed by atoms with Crippen molar-refractivity contribution in [3.63, 3.8) is 0 Å². The molecule has 1 saturated heterocycles. The van der Waals surface area contributed by atoms with E-state index >= 15 is 0 Å². The Labute approximate surface area is 182 Å². The van der Waals surface area contributed by atoms with Crippen LogP contribution in [0.25, 0.3) is 0 Å². The lowest BCUT2D eigenvalue weighted by Crippen LogP contribution is -2.36. The molecule has 3 rings (SSSR count). The van der Waals surface area contributed by atoms with Crippen LogP contribution in [-0.4, -0.2) is 68.2 Å². The van der Waals surface area contributed by atoms with Gasteiger partial charge in [-0.3, -0.25) is 0 Å². The smallest absolute Gasteiger partial charge is 0.244 e. The lowest BCUT2D eigenvalue weighted by Gasteiger charge is -2.24. The molecule has 170 valence electrons. The third-order valence-corrected chi connectivity index (χ3v) is 9.36. The summed E-state index contributed by atoms with van der Waals surface area (Å²) in [7, 11) is -11.4. The monoisotopic (exact) mass is 490 g/mol. The molecular weight excluding hydrogens is 467 g/mol. The fourth-order valence-corrected chi connectivity index (χ4v) is 7.16. The molecule has 0 saturated carbocycles. The first-order valence-electron chi connectivity index (χ1n) is 9.35. The summed E-state index contributed by atoms with van der Waals surface area (Å²) < 4.78 is 89.4. The SMILES string of the molecule is CS(=O)(=O)c1ccc(N2CCCN(S(=O)(=O)c3ccccc3S(C)(=O)=O)CC2)c(F)c1. The molecular formula is C19H23FN2O6S3. The minimum Gasteiger partial charge on any atom is -0.368 e. The van der Waals surface area contributed by atoms with Gasteiger partial charge in [-0.1, -0.05) is 12.1 Å². The van der Waals surface area contributed by atoms with Crippen molar-refractivity contribution in [3.8, 4) is 0 Å². The highest BCUT2D eigenvalue weighted by molar-refractivity contribution is 7.93. The molecule has 1 aliphatic rings. The standard InChI is InChI=1S/C19H23FN2O6S3/c1-29(23,24)15-8-9-17(16(20)14-15)21-10-5-11-22(13-12-21)31(27,28)19-7-4-3-6-18(19)30(2,25)26/h3-4,6-9,14H,5,10-13H2,1-2H3. The number of sulfonamides is 1. The first-order valence-corrected chi connectivity index (χ1v) is 14.6. The molecule has 2 aromatic rings. The zero-order chi connectivity index (χ0) is 23.0. The van der Waals surface area contributed by atoms with Gasteiger partial charge in [0, 0.05) is 38.7 Å². The number of hydrogen-bond donors (Lipinski definition) is 0. The Hall–Kier alpha value is -2.02. The molecule has 0 atom stereocenters. The second-order valence-electron chi connectivity index (χ2n) is 7.35. The van der Waals surface area contributed by atoms with Crippen molar-refractivity contribution in [1.29, 1.82) is 0 Å². The van der Waals surface area contributed by atoms with Crippen molar-refractivity contribution in [3.05, 3.63) is 48.3 Å². The van der Waals surface area contributed by atoms with E-state index in [2.05, 4.69) is 0 Å². The van der Waals surface area contributed by atoms with Crippen molar-refractivity contribution < 1.29 is 29.6 Å². The van der Waals surface area contributed by atoms with Crippen LogP contribution in [0.4, 0.5) is 10.1 Å². The summed E-state index contributed by atoms with van der Waals surface area (Å²) in [5.41, 5.74) is 0.184. The average Bonchev–Trinajstić information content (AvgIpc) is 2.93. The summed E-state index contributed by atoms with van der Waals surface area (Å²) in [6, 6.07) is 9.08. The second-order valence-corrected chi connectivity index (χ2v) is 13.3. The number of anilines is 1. The van der Waals surface area contributed by atoms with E-state index in [-0.39, 0.29) is 40.0 Å². The van der Waals surface area contributed by atoms with Gasteiger partial charge in [0.15, 0.2) is 19.7 Å². The van der Waals surface area contributed by atoms with E-state index in [4.69, 9.17) is 0 Å². The zero-order valence-electron chi connectivity index (χ0n) is 17.0. The maximum absolute atomic E-state index is 14.6. The van der Waals surface area contributed by atoms with Crippen LogP contribution in [0.1, 0.15) is 6.42 Å². The van der Waals surface area contributed by atoms with E-state index in [0.717, 1.165) is 18.6 Å². The Balaban J connectivity index is 1.87. The highest BCUT2D eigenvalue weighted by Gasteiger charge is 2.31. The Morgan fingerprint density at radius 2 is 1.42 bits per heavy atom. The Bertz CT molecular complexity index is 1310. The number of nitrogens with zero attached hydrogens (tertiary/aromatic N) is 2. The summed E-state index contributed by atoms with van der Waals surface area (Å²) in [5.74, 6) is -0.707. The van der Waals surface area contributed by atoms with E-state index in [9.17, 15) is 29.6 Å². The maximum atomic E-state index is 14.6. The predicted molar refractivity (Wildman–Crippen MR) is 115 cm³/mol. The van der Waals surface area contributed by atoms with Crippen LogP contribution in [0.15, 0.2) is 57.2 Å². The molecule has 0 amide bonds. The summed E-state index contributed by atoms with van der Waals surface area (Å²) >= 11 is 0. The molecule has 0 N–H and O–H groups in total. The van der Waals surface area contributed by atoms with E-state index in [1.54, 1.807) is 4.90 Å². The molecule has 0 aromatic heterocycles. The summed E-state index contributed by atoms with van der Waals surface area (Å²) in [5, 5.41) is 0. The minimum absolute atomic E-state index is 0.0215. The summed E-state index contributed by atoms with van der Waals surface area (Å²) in [4.78, 5) is 0.970. The Morgan fingerprint density at radius 1 is 0.774 bits per heavy atom. The van der Waals surface area contributed by atoms with E-state index in [1.165, 1.54) is 40.7 Å². The van der Waals surface area contributed by atoms with E-state index in [0.29, 0.717) is 13.0 Å². The molecule has 0 radical (unpaired) electrons. The van der Waals surface area contributed by atoms with Crippen LogP contribution < -0.4 is 4.90 Å². The van der Waals surface area contributed by atoms with E-state index in [1.807, 2.05) is 0 Å². The van der Waals surface area contributed by atoms with Gasteiger partial charge in [0.25, 0.3) is 0 Å². The molecule has 1 aliphatic heterocycles. The van der Waals surface area contributed by atoms with Gasteiger partial charge in [0.05, 0.1) is 15.5 Å². The van der Waals surface area contributed by atoms with Crippen molar-refractivity contribution in [1.82, 2.24) is 4.31 Å². The van der Waals surface area contributed by atoms with Gasteiger partial charge in [-0.25, -0.2) is 29.6 Å². The lowest BCUT2D eigenvalue weighted by atomic mass is 10.2. The number of sulfone groups is 2. The highest BCUT2D eigenvalue weighted by atomic mass is 32.2. The largest absolute Gasteiger partial charge is 0.368 e. The first-order chi connectivity index (χ1) is 14.3. The topological polar surface area (TPSA) is 109 Å². The van der Waals surface area contributed by atoms with Crippen molar-refractivity contribution in [2.24, 2.45) is 0 Å². The van der Waals surface area contributed by atoms with Gasteiger partial charge in [0.2, 0.25) is 10.0 Å². The van der Waals surface area contributed by atoms with Crippen LogP contribution >= 0.6 is 0 Å². The fraction of sp³-hybridized carbons (Fsp3) is 0.368. The molecule has 0 aliphatic carbocycles. The van der Waals surface area contributed by atoms with Gasteiger partial charge < -0.3 is 4.90 Å². The van der Waals surface area contributed by atoms with Crippen LogP contribution in [0.2, 0.25) is 0 Å². The molecule has 0 unspecified atom stereocenters. The Kier molecular flexibility index (Phi) is 6.47. The van der Waals surface area contributed by atoms with Crippen LogP contribution in [0, 0.1) is 5.82 Å². The van der Waals surface area contributed by atoms with Gasteiger partial charge in [-0.15, -0.1) is 0 Å². The minimum atomic E-state index is -4.09. The predicted octanol–water partition coefficient (Wildman–Crippen LogP) is 1.53. The van der Waals surface area contributed by atoms with Crippen LogP contribution in [0.5, 0.6) is 0 Å². The molecule has 31 heavy (non-hydrogen) atoms. The zero-order valence-corrected chi connectivity index (χ0v) is 19.5. The quantitative estimate of drug-likeness (QED) is 0.625.